The first-order valence-corrected chi connectivity index (χ1v) is 12.5. The maximum Gasteiger partial charge on any atom is 0.324 e. The largest absolute Gasteiger partial charge is 0.507 e. The van der Waals surface area contributed by atoms with Crippen LogP contribution in [-0.2, 0) is 9.53 Å². The minimum absolute atomic E-state index is 0.00717. The molecule has 0 spiro atoms. The first-order valence-electron chi connectivity index (χ1n) is 10.4. The van der Waals surface area contributed by atoms with Crippen LogP contribution < -0.4 is 0 Å². The molecular formula is C22H27N4O3S2Si. The standard InChI is InChI=1S/C22H27N4O3S2Si/c1-4-5-10-22(24-25-22)11-12-29-20(28)16(13-30)26(3)14(2)18-21(32)31-19(23-18)15-8-6-7-9-17(15)27/h1,6-9,14,16,18,21,27,30H,5,10-13H2,2-3H3/t14?,16-,18-,21+/m1/s1. The number of rotatable bonds is 11. The van der Waals surface area contributed by atoms with E-state index in [0.717, 1.165) is 5.04 Å². The summed E-state index contributed by atoms with van der Waals surface area (Å²) in [4.78, 5) is 19.6. The van der Waals surface area contributed by atoms with Crippen molar-refractivity contribution in [3.05, 3.63) is 29.8 Å². The number of thiol groups is 1. The number of phenolic OH excluding ortho intramolecular Hbond substituents is 1. The van der Waals surface area contributed by atoms with Gasteiger partial charge < -0.3 is 9.84 Å². The van der Waals surface area contributed by atoms with E-state index in [0.29, 0.717) is 30.6 Å². The Kier molecular flexibility index (Phi) is 8.44. The van der Waals surface area contributed by atoms with Crippen LogP contribution >= 0.6 is 24.4 Å². The number of hydrogen-bond donors (Lipinski definition) is 2. The van der Waals surface area contributed by atoms with E-state index in [2.05, 4.69) is 39.0 Å². The molecule has 0 aliphatic carbocycles. The highest BCUT2D eigenvalue weighted by Crippen LogP contribution is 2.37. The molecule has 0 amide bonds. The summed E-state index contributed by atoms with van der Waals surface area (Å²) in [7, 11) is 5.64. The highest BCUT2D eigenvalue weighted by molar-refractivity contribution is 8.16. The number of carbonyl (C=O) groups is 1. The van der Waals surface area contributed by atoms with Gasteiger partial charge in [-0.2, -0.15) is 22.9 Å². The van der Waals surface area contributed by atoms with E-state index in [4.69, 9.17) is 16.2 Å². The van der Waals surface area contributed by atoms with Crippen molar-refractivity contribution in [2.24, 2.45) is 15.2 Å². The minimum Gasteiger partial charge on any atom is -0.507 e. The second kappa shape index (κ2) is 10.9. The fraction of sp³-hybridized carbons (Fsp3) is 0.545. The van der Waals surface area contributed by atoms with Gasteiger partial charge in [0, 0.05) is 51.7 Å². The van der Waals surface area contributed by atoms with Gasteiger partial charge in [-0.25, -0.2) is 0 Å². The molecule has 10 heteroatoms. The predicted molar refractivity (Wildman–Crippen MR) is 132 cm³/mol. The second-order valence-corrected chi connectivity index (χ2v) is 10.4. The van der Waals surface area contributed by atoms with Gasteiger partial charge in [0.05, 0.1) is 12.6 Å². The summed E-state index contributed by atoms with van der Waals surface area (Å²) in [6.07, 6.45) is 7.12. The molecule has 2 heterocycles. The molecule has 169 valence electrons. The van der Waals surface area contributed by atoms with Crippen LogP contribution in [0.5, 0.6) is 5.75 Å². The van der Waals surface area contributed by atoms with E-state index in [1.807, 2.05) is 31.0 Å². The molecule has 32 heavy (non-hydrogen) atoms. The Bertz CT molecular complexity index is 930. The summed E-state index contributed by atoms with van der Waals surface area (Å²) >= 11 is 5.94. The predicted octanol–water partition coefficient (Wildman–Crippen LogP) is 2.88. The van der Waals surface area contributed by atoms with Crippen LogP contribution in [0.4, 0.5) is 0 Å². The number of hydrogen-bond acceptors (Lipinski definition) is 9. The maximum atomic E-state index is 12.8. The first kappa shape index (κ1) is 24.8. The number of carbonyl (C=O) groups excluding carboxylic acids is 1. The van der Waals surface area contributed by atoms with E-state index in [-0.39, 0.29) is 35.3 Å². The lowest BCUT2D eigenvalue weighted by molar-refractivity contribution is -0.149. The Morgan fingerprint density at radius 2 is 2.16 bits per heavy atom. The number of ether oxygens (including phenoxy) is 1. The summed E-state index contributed by atoms with van der Waals surface area (Å²) < 4.78 is 5.53. The van der Waals surface area contributed by atoms with Crippen LogP contribution in [0.15, 0.2) is 39.5 Å². The van der Waals surface area contributed by atoms with Crippen LogP contribution in [0.3, 0.4) is 0 Å². The molecule has 0 bridgehead atoms. The van der Waals surface area contributed by atoms with Gasteiger partial charge in [-0.3, -0.25) is 14.7 Å². The Balaban J connectivity index is 1.59. The molecule has 4 atom stereocenters. The van der Waals surface area contributed by atoms with Crippen LogP contribution in [0.1, 0.15) is 31.7 Å². The Hall–Kier alpha value is -1.80. The zero-order chi connectivity index (χ0) is 23.3. The number of terminal acetylenes is 1. The lowest BCUT2D eigenvalue weighted by Gasteiger charge is -2.34. The Morgan fingerprint density at radius 3 is 2.78 bits per heavy atom. The smallest absolute Gasteiger partial charge is 0.324 e. The second-order valence-electron chi connectivity index (χ2n) is 7.89. The van der Waals surface area contributed by atoms with E-state index in [1.54, 1.807) is 23.9 Å². The Morgan fingerprint density at radius 1 is 1.44 bits per heavy atom. The molecule has 3 rings (SSSR count). The number of nitrogens with zero attached hydrogens (tertiary/aromatic N) is 4. The van der Waals surface area contributed by atoms with Gasteiger partial charge in [0.15, 0.2) is 5.66 Å². The van der Waals surface area contributed by atoms with E-state index >= 15 is 0 Å². The Labute approximate surface area is 202 Å². The monoisotopic (exact) mass is 487 g/mol. The normalized spacial score (nSPS) is 22.8. The average molecular weight is 488 g/mol. The summed E-state index contributed by atoms with van der Waals surface area (Å²) in [6, 6.07) is 6.43. The molecule has 2 aliphatic rings. The van der Waals surface area contributed by atoms with Crippen molar-refractivity contribution in [2.75, 3.05) is 19.4 Å². The average Bonchev–Trinajstić information content (AvgIpc) is 3.44. The molecule has 0 fully saturated rings. The highest BCUT2D eigenvalue weighted by Gasteiger charge is 2.40. The summed E-state index contributed by atoms with van der Waals surface area (Å²) in [6.45, 7) is 2.26. The van der Waals surface area contributed by atoms with Crippen molar-refractivity contribution in [3.8, 4) is 18.1 Å². The fourth-order valence-corrected chi connectivity index (χ4v) is 5.79. The van der Waals surface area contributed by atoms with Gasteiger partial charge in [0.25, 0.3) is 0 Å². The lowest BCUT2D eigenvalue weighted by Crippen LogP contribution is -2.51. The molecule has 2 aliphatic heterocycles. The molecule has 0 aromatic heterocycles. The van der Waals surface area contributed by atoms with Gasteiger partial charge in [-0.05, 0) is 26.1 Å². The summed E-state index contributed by atoms with van der Waals surface area (Å²) in [5.74, 6) is 2.78. The number of likely N-dealkylation sites (N-methyl/N-ethyl adjacent to an activating group) is 1. The van der Waals surface area contributed by atoms with Crippen LogP contribution in [0.2, 0.25) is 0 Å². The molecule has 7 nitrogen and oxygen atoms in total. The molecular weight excluding hydrogens is 460 g/mol. The van der Waals surface area contributed by atoms with Crippen molar-refractivity contribution >= 4 is 45.6 Å². The maximum absolute atomic E-state index is 12.8. The summed E-state index contributed by atoms with van der Waals surface area (Å²) in [5, 5.41) is 19.1. The quantitative estimate of drug-likeness (QED) is 0.217. The van der Waals surface area contributed by atoms with Gasteiger partial charge in [-0.1, -0.05) is 12.1 Å². The number of phenols is 1. The van der Waals surface area contributed by atoms with Crippen LogP contribution in [-0.4, -0.2) is 79.3 Å². The molecule has 1 aromatic carbocycles. The van der Waals surface area contributed by atoms with Gasteiger partial charge >= 0.3 is 5.97 Å². The number of thioether (sulfide) groups is 1. The van der Waals surface area contributed by atoms with Crippen LogP contribution in [0.25, 0.3) is 0 Å². The minimum atomic E-state index is -0.517. The zero-order valence-corrected chi connectivity index (χ0v) is 20.9. The number of aliphatic imine (C=N–C) groups is 1. The number of benzene rings is 1. The van der Waals surface area contributed by atoms with E-state index in [9.17, 15) is 9.90 Å². The third-order valence-electron chi connectivity index (χ3n) is 5.82. The van der Waals surface area contributed by atoms with Crippen molar-refractivity contribution < 1.29 is 14.6 Å². The fourth-order valence-electron chi connectivity index (χ4n) is 3.55. The van der Waals surface area contributed by atoms with Crippen molar-refractivity contribution in [1.82, 2.24) is 4.90 Å². The highest BCUT2D eigenvalue weighted by atomic mass is 32.2. The van der Waals surface area contributed by atoms with E-state index in [1.165, 1.54) is 0 Å². The van der Waals surface area contributed by atoms with Crippen molar-refractivity contribution in [2.45, 2.75) is 54.8 Å². The van der Waals surface area contributed by atoms with E-state index < -0.39 is 11.7 Å². The number of aromatic hydroxyl groups is 1. The molecule has 3 radical (unpaired) electrons. The lowest BCUT2D eigenvalue weighted by atomic mass is 10.1. The topological polar surface area (TPSA) is 86.8 Å². The van der Waals surface area contributed by atoms with Crippen molar-refractivity contribution in [1.29, 1.82) is 0 Å². The molecule has 0 saturated heterocycles. The van der Waals surface area contributed by atoms with Crippen LogP contribution in [0, 0.1) is 12.3 Å². The third kappa shape index (κ3) is 5.76. The van der Waals surface area contributed by atoms with Crippen molar-refractivity contribution in [3.63, 3.8) is 0 Å². The first-order chi connectivity index (χ1) is 15.3. The zero-order valence-electron chi connectivity index (χ0n) is 18.1. The molecule has 0 saturated carbocycles. The number of esters is 1. The molecule has 1 N–H and O–H groups in total. The third-order valence-corrected chi connectivity index (χ3v) is 7.94. The van der Waals surface area contributed by atoms with Gasteiger partial charge in [-0.15, -0.1) is 24.1 Å². The van der Waals surface area contributed by atoms with Gasteiger partial charge in [0.2, 0.25) is 0 Å². The molecule has 1 unspecified atom stereocenters. The van der Waals surface area contributed by atoms with Gasteiger partial charge in [0.1, 0.15) is 16.8 Å². The molecule has 1 aromatic rings. The summed E-state index contributed by atoms with van der Waals surface area (Å²) in [5.41, 5.74) is 0.235. The SMILES string of the molecule is C#CCCC1(CCOC(=O)[C@@H](CS)N(C)C(C)[C@H]2N=C(c3ccccc3O)S[C@H]2[Si])N=N1. The number of para-hydroxylation sites is 1.